The van der Waals surface area contributed by atoms with Crippen molar-refractivity contribution in [3.63, 3.8) is 0 Å². The Morgan fingerprint density at radius 3 is 2.86 bits per heavy atom. The van der Waals surface area contributed by atoms with Gasteiger partial charge in [-0.1, -0.05) is 35.5 Å². The van der Waals surface area contributed by atoms with Gasteiger partial charge < -0.3 is 9.26 Å². The molecule has 6 nitrogen and oxygen atoms in total. The van der Waals surface area contributed by atoms with Gasteiger partial charge in [-0.3, -0.25) is 4.68 Å². The molecule has 1 saturated heterocycles. The molecule has 4 rings (SSSR count). The molecule has 1 aliphatic rings. The summed E-state index contributed by atoms with van der Waals surface area (Å²) in [5, 5.41) is 8.56. The van der Waals surface area contributed by atoms with Gasteiger partial charge in [-0.25, -0.2) is 0 Å². The van der Waals surface area contributed by atoms with E-state index in [9.17, 15) is 0 Å². The Labute approximate surface area is 127 Å². The molecule has 1 atom stereocenters. The van der Waals surface area contributed by atoms with Gasteiger partial charge in [0.1, 0.15) is 0 Å². The Morgan fingerprint density at radius 2 is 2.09 bits per heavy atom. The van der Waals surface area contributed by atoms with Crippen LogP contribution in [0.25, 0.3) is 22.8 Å². The molecule has 2 aromatic heterocycles. The molecule has 1 unspecified atom stereocenters. The maximum absolute atomic E-state index is 5.37. The zero-order valence-corrected chi connectivity index (χ0v) is 12.3. The van der Waals surface area contributed by atoms with E-state index in [0.29, 0.717) is 24.0 Å². The highest BCUT2D eigenvalue weighted by Gasteiger charge is 2.24. The van der Waals surface area contributed by atoms with Crippen LogP contribution in [0.3, 0.4) is 0 Å². The van der Waals surface area contributed by atoms with E-state index in [2.05, 4.69) is 27.4 Å². The first-order chi connectivity index (χ1) is 10.8. The number of hydrogen-bond donors (Lipinski definition) is 0. The molecular formula is C16H16N4O2. The number of aryl methyl sites for hydroxylation is 1. The first-order valence-corrected chi connectivity index (χ1v) is 7.32. The average Bonchev–Trinajstić information content (AvgIpc) is 3.28. The third-order valence-corrected chi connectivity index (χ3v) is 3.91. The maximum Gasteiger partial charge on any atom is 0.278 e. The molecule has 0 spiro atoms. The van der Waals surface area contributed by atoms with Crippen LogP contribution in [0.4, 0.5) is 0 Å². The van der Waals surface area contributed by atoms with Crippen LogP contribution in [0.5, 0.6) is 0 Å². The minimum atomic E-state index is 0.231. The monoisotopic (exact) mass is 296 g/mol. The van der Waals surface area contributed by atoms with Crippen molar-refractivity contribution >= 4 is 0 Å². The highest BCUT2D eigenvalue weighted by molar-refractivity contribution is 5.64. The minimum absolute atomic E-state index is 0.231. The molecule has 0 bridgehead atoms. The summed E-state index contributed by atoms with van der Waals surface area (Å²) in [6.45, 7) is 1.42. The van der Waals surface area contributed by atoms with E-state index in [1.807, 2.05) is 36.0 Å². The van der Waals surface area contributed by atoms with Crippen molar-refractivity contribution in [3.8, 4) is 22.8 Å². The van der Waals surface area contributed by atoms with E-state index >= 15 is 0 Å². The van der Waals surface area contributed by atoms with Crippen LogP contribution in [-0.4, -0.2) is 33.1 Å². The standard InChI is InChI=1S/C16H16N4O2/c1-20-14(11-5-3-2-4-6-11)9-13(18-20)16-17-15(19-22-16)12-7-8-21-10-12/h2-6,9,12H,7-8,10H2,1H3. The van der Waals surface area contributed by atoms with Crippen molar-refractivity contribution in [1.29, 1.82) is 0 Å². The Hall–Kier alpha value is -2.47. The van der Waals surface area contributed by atoms with Gasteiger partial charge in [0.05, 0.1) is 12.3 Å². The van der Waals surface area contributed by atoms with Gasteiger partial charge in [0.25, 0.3) is 5.89 Å². The van der Waals surface area contributed by atoms with Gasteiger partial charge in [0.15, 0.2) is 11.5 Å². The van der Waals surface area contributed by atoms with Crippen molar-refractivity contribution in [3.05, 3.63) is 42.2 Å². The summed E-state index contributed by atoms with van der Waals surface area (Å²) < 4.78 is 12.6. The summed E-state index contributed by atoms with van der Waals surface area (Å²) in [6.07, 6.45) is 0.941. The van der Waals surface area contributed by atoms with Crippen LogP contribution < -0.4 is 0 Å². The normalized spacial score (nSPS) is 18.0. The fraction of sp³-hybridized carbons (Fsp3) is 0.312. The van der Waals surface area contributed by atoms with Crippen LogP contribution >= 0.6 is 0 Å². The van der Waals surface area contributed by atoms with Crippen LogP contribution in [-0.2, 0) is 11.8 Å². The zero-order valence-electron chi connectivity index (χ0n) is 12.3. The minimum Gasteiger partial charge on any atom is -0.381 e. The first kappa shape index (κ1) is 13.2. The highest BCUT2D eigenvalue weighted by atomic mass is 16.5. The third-order valence-electron chi connectivity index (χ3n) is 3.91. The van der Waals surface area contributed by atoms with E-state index in [4.69, 9.17) is 9.26 Å². The Balaban J connectivity index is 1.66. The molecule has 0 radical (unpaired) electrons. The number of hydrogen-bond acceptors (Lipinski definition) is 5. The fourth-order valence-corrected chi connectivity index (χ4v) is 2.69. The third kappa shape index (κ3) is 2.31. The van der Waals surface area contributed by atoms with E-state index in [1.54, 1.807) is 0 Å². The second kappa shape index (κ2) is 5.38. The van der Waals surface area contributed by atoms with Crippen molar-refractivity contribution in [2.75, 3.05) is 13.2 Å². The molecule has 3 heterocycles. The van der Waals surface area contributed by atoms with Crippen LogP contribution in [0.2, 0.25) is 0 Å². The largest absolute Gasteiger partial charge is 0.381 e. The van der Waals surface area contributed by atoms with Gasteiger partial charge in [0, 0.05) is 19.6 Å². The summed E-state index contributed by atoms with van der Waals surface area (Å²) in [4.78, 5) is 4.48. The lowest BCUT2D eigenvalue weighted by molar-refractivity contribution is 0.192. The summed E-state index contributed by atoms with van der Waals surface area (Å²) in [5.74, 6) is 1.40. The lowest BCUT2D eigenvalue weighted by atomic mass is 10.1. The van der Waals surface area contributed by atoms with E-state index in [0.717, 1.165) is 24.3 Å². The molecule has 6 heteroatoms. The van der Waals surface area contributed by atoms with Gasteiger partial charge in [0.2, 0.25) is 0 Å². The van der Waals surface area contributed by atoms with E-state index < -0.39 is 0 Å². The van der Waals surface area contributed by atoms with E-state index in [-0.39, 0.29) is 5.92 Å². The molecule has 3 aromatic rings. The Morgan fingerprint density at radius 1 is 1.23 bits per heavy atom. The topological polar surface area (TPSA) is 66.0 Å². The molecule has 0 aliphatic carbocycles. The molecule has 0 amide bonds. The van der Waals surface area contributed by atoms with Gasteiger partial charge in [-0.15, -0.1) is 0 Å². The zero-order chi connectivity index (χ0) is 14.9. The summed E-state index contributed by atoms with van der Waals surface area (Å²) in [5.41, 5.74) is 2.81. The van der Waals surface area contributed by atoms with Crippen LogP contribution in [0.15, 0.2) is 40.9 Å². The smallest absolute Gasteiger partial charge is 0.278 e. The second-order valence-electron chi connectivity index (χ2n) is 5.42. The van der Waals surface area contributed by atoms with Crippen LogP contribution in [0, 0.1) is 0 Å². The highest BCUT2D eigenvalue weighted by Crippen LogP contribution is 2.27. The van der Waals surface area contributed by atoms with Gasteiger partial charge in [-0.05, 0) is 18.1 Å². The maximum atomic E-state index is 5.37. The fourth-order valence-electron chi connectivity index (χ4n) is 2.69. The quantitative estimate of drug-likeness (QED) is 0.743. The number of nitrogens with zero attached hydrogens (tertiary/aromatic N) is 4. The first-order valence-electron chi connectivity index (χ1n) is 7.32. The number of aromatic nitrogens is 4. The summed E-state index contributed by atoms with van der Waals surface area (Å²) in [6, 6.07) is 12.1. The Bertz CT molecular complexity index is 773. The molecule has 0 N–H and O–H groups in total. The second-order valence-corrected chi connectivity index (χ2v) is 5.42. The van der Waals surface area contributed by atoms with Crippen LogP contribution in [0.1, 0.15) is 18.2 Å². The SMILES string of the molecule is Cn1nc(-c2nc(C3CCOC3)no2)cc1-c1ccccc1. The average molecular weight is 296 g/mol. The molecule has 112 valence electrons. The molecule has 22 heavy (non-hydrogen) atoms. The van der Waals surface area contributed by atoms with E-state index in [1.165, 1.54) is 0 Å². The predicted molar refractivity (Wildman–Crippen MR) is 80.1 cm³/mol. The number of ether oxygens (including phenoxy) is 1. The summed E-state index contributed by atoms with van der Waals surface area (Å²) in [7, 11) is 1.91. The lowest BCUT2D eigenvalue weighted by Crippen LogP contribution is -1.99. The van der Waals surface area contributed by atoms with Gasteiger partial charge >= 0.3 is 0 Å². The molecular weight excluding hydrogens is 280 g/mol. The van der Waals surface area contributed by atoms with Crippen molar-refractivity contribution in [1.82, 2.24) is 19.9 Å². The lowest BCUT2D eigenvalue weighted by Gasteiger charge is -1.99. The molecule has 1 fully saturated rings. The van der Waals surface area contributed by atoms with Crippen molar-refractivity contribution in [2.45, 2.75) is 12.3 Å². The number of benzene rings is 1. The molecule has 0 saturated carbocycles. The predicted octanol–water partition coefficient (Wildman–Crippen LogP) is 2.64. The van der Waals surface area contributed by atoms with Gasteiger partial charge in [-0.2, -0.15) is 10.1 Å². The Kier molecular flexibility index (Phi) is 3.23. The number of rotatable bonds is 3. The molecule has 1 aromatic carbocycles. The molecule has 1 aliphatic heterocycles. The van der Waals surface area contributed by atoms with Crippen molar-refractivity contribution < 1.29 is 9.26 Å². The summed E-state index contributed by atoms with van der Waals surface area (Å²) >= 11 is 0. The van der Waals surface area contributed by atoms with Crippen molar-refractivity contribution in [2.24, 2.45) is 7.05 Å².